The predicted octanol–water partition coefficient (Wildman–Crippen LogP) is 4.21. The maximum atomic E-state index is 13.1. The molecule has 0 atom stereocenters. The van der Waals surface area contributed by atoms with E-state index in [-0.39, 0.29) is 5.91 Å². The number of hydrogen-bond donors (Lipinski definition) is 0. The van der Waals surface area contributed by atoms with Crippen molar-refractivity contribution < 1.29 is 4.79 Å². The first-order valence-electron chi connectivity index (χ1n) is 7.93. The molecular weight excluding hydrogens is 260 g/mol. The Bertz CT molecular complexity index is 536. The zero-order chi connectivity index (χ0) is 15.3. The van der Waals surface area contributed by atoms with Gasteiger partial charge in [-0.3, -0.25) is 4.79 Å². The second-order valence-electron chi connectivity index (χ2n) is 6.00. The zero-order valence-electron chi connectivity index (χ0n) is 13.1. The van der Waals surface area contributed by atoms with Gasteiger partial charge in [0.15, 0.2) is 0 Å². The second-order valence-corrected chi connectivity index (χ2v) is 6.00. The van der Waals surface area contributed by atoms with Gasteiger partial charge in [-0.1, -0.05) is 37.8 Å². The van der Waals surface area contributed by atoms with Gasteiger partial charge < -0.3 is 4.90 Å². The quantitative estimate of drug-likeness (QED) is 0.780. The van der Waals surface area contributed by atoms with Crippen LogP contribution in [0.3, 0.4) is 0 Å². The summed E-state index contributed by atoms with van der Waals surface area (Å²) in [6.07, 6.45) is 5.62. The molecule has 1 aliphatic rings. The van der Waals surface area contributed by atoms with Crippen molar-refractivity contribution in [3.63, 3.8) is 0 Å². The SMILES string of the molecule is CCN(C(=O)C1(C#N)CCCCCC1)c1cccc(C)c1. The third-order valence-electron chi connectivity index (χ3n) is 4.46. The Labute approximate surface area is 127 Å². The summed E-state index contributed by atoms with van der Waals surface area (Å²) in [5, 5.41) is 9.69. The highest BCUT2D eigenvalue weighted by molar-refractivity contribution is 5.99. The van der Waals surface area contributed by atoms with E-state index in [4.69, 9.17) is 0 Å². The number of rotatable bonds is 3. The molecule has 0 unspecified atom stereocenters. The van der Waals surface area contributed by atoms with Crippen LogP contribution in [0, 0.1) is 23.7 Å². The highest BCUT2D eigenvalue weighted by atomic mass is 16.2. The van der Waals surface area contributed by atoms with Crippen LogP contribution in [0.1, 0.15) is 51.0 Å². The Hall–Kier alpha value is -1.82. The molecule has 1 saturated carbocycles. The van der Waals surface area contributed by atoms with Crippen molar-refractivity contribution in [3.8, 4) is 6.07 Å². The fourth-order valence-corrected chi connectivity index (χ4v) is 3.20. The van der Waals surface area contributed by atoms with Crippen molar-refractivity contribution >= 4 is 11.6 Å². The largest absolute Gasteiger partial charge is 0.311 e. The molecule has 1 amide bonds. The molecule has 0 heterocycles. The highest BCUT2D eigenvalue weighted by Gasteiger charge is 2.41. The number of amides is 1. The molecule has 3 nitrogen and oxygen atoms in total. The highest BCUT2D eigenvalue weighted by Crippen LogP contribution is 2.37. The van der Waals surface area contributed by atoms with Gasteiger partial charge in [-0.25, -0.2) is 0 Å². The molecule has 1 aliphatic carbocycles. The van der Waals surface area contributed by atoms with Gasteiger partial charge in [0.2, 0.25) is 5.91 Å². The lowest BCUT2D eigenvalue weighted by atomic mass is 9.80. The van der Waals surface area contributed by atoms with E-state index in [1.54, 1.807) is 4.90 Å². The number of aryl methyl sites for hydroxylation is 1. The summed E-state index contributed by atoms with van der Waals surface area (Å²) in [7, 11) is 0. The van der Waals surface area contributed by atoms with Gasteiger partial charge in [0.25, 0.3) is 0 Å². The van der Waals surface area contributed by atoms with E-state index in [0.29, 0.717) is 19.4 Å². The van der Waals surface area contributed by atoms with Crippen LogP contribution < -0.4 is 4.90 Å². The Morgan fingerprint density at radius 2 is 1.95 bits per heavy atom. The lowest BCUT2D eigenvalue weighted by Crippen LogP contribution is -2.43. The summed E-state index contributed by atoms with van der Waals surface area (Å²) in [6.45, 7) is 4.60. The van der Waals surface area contributed by atoms with Crippen LogP contribution in [-0.2, 0) is 4.79 Å². The monoisotopic (exact) mass is 284 g/mol. The van der Waals surface area contributed by atoms with Crippen LogP contribution in [-0.4, -0.2) is 12.5 Å². The van der Waals surface area contributed by atoms with Gasteiger partial charge in [-0.05, 0) is 44.4 Å². The smallest absolute Gasteiger partial charge is 0.247 e. The molecule has 0 radical (unpaired) electrons. The summed E-state index contributed by atoms with van der Waals surface area (Å²) >= 11 is 0. The number of anilines is 1. The molecule has 0 bridgehead atoms. The van der Waals surface area contributed by atoms with E-state index in [0.717, 1.165) is 36.9 Å². The molecule has 1 aromatic rings. The van der Waals surface area contributed by atoms with Gasteiger partial charge in [0, 0.05) is 12.2 Å². The number of carbonyl (C=O) groups is 1. The zero-order valence-corrected chi connectivity index (χ0v) is 13.1. The molecule has 0 saturated heterocycles. The Balaban J connectivity index is 2.32. The third kappa shape index (κ3) is 3.26. The molecule has 0 N–H and O–H groups in total. The number of benzene rings is 1. The van der Waals surface area contributed by atoms with E-state index in [9.17, 15) is 10.1 Å². The molecule has 1 fully saturated rings. The molecule has 3 heteroatoms. The van der Waals surface area contributed by atoms with Crippen LogP contribution in [0.25, 0.3) is 0 Å². The van der Waals surface area contributed by atoms with Crippen LogP contribution >= 0.6 is 0 Å². The van der Waals surface area contributed by atoms with Crippen molar-refractivity contribution in [1.29, 1.82) is 5.26 Å². The minimum Gasteiger partial charge on any atom is -0.311 e. The lowest BCUT2D eigenvalue weighted by molar-refractivity contribution is -0.126. The first kappa shape index (κ1) is 15.6. The number of carbonyl (C=O) groups excluding carboxylic acids is 1. The second kappa shape index (κ2) is 6.76. The summed E-state index contributed by atoms with van der Waals surface area (Å²) in [4.78, 5) is 14.8. The average molecular weight is 284 g/mol. The van der Waals surface area contributed by atoms with Crippen molar-refractivity contribution in [2.75, 3.05) is 11.4 Å². The van der Waals surface area contributed by atoms with Gasteiger partial charge in [0.1, 0.15) is 5.41 Å². The summed E-state index contributed by atoms with van der Waals surface area (Å²) < 4.78 is 0. The fraction of sp³-hybridized carbons (Fsp3) is 0.556. The molecule has 1 aromatic carbocycles. The summed E-state index contributed by atoms with van der Waals surface area (Å²) in [5.74, 6) is -0.0139. The fourth-order valence-electron chi connectivity index (χ4n) is 3.20. The maximum absolute atomic E-state index is 13.1. The molecule has 112 valence electrons. The molecule has 21 heavy (non-hydrogen) atoms. The molecular formula is C18H24N2O. The van der Waals surface area contributed by atoms with Crippen LogP contribution in [0.2, 0.25) is 0 Å². The van der Waals surface area contributed by atoms with Crippen molar-refractivity contribution in [2.24, 2.45) is 5.41 Å². The molecule has 0 aromatic heterocycles. The Kier molecular flexibility index (Phi) is 5.01. The van der Waals surface area contributed by atoms with Crippen molar-refractivity contribution in [3.05, 3.63) is 29.8 Å². The topological polar surface area (TPSA) is 44.1 Å². The Morgan fingerprint density at radius 1 is 1.29 bits per heavy atom. The van der Waals surface area contributed by atoms with Gasteiger partial charge in [0.05, 0.1) is 6.07 Å². The van der Waals surface area contributed by atoms with Crippen molar-refractivity contribution in [1.82, 2.24) is 0 Å². The first-order chi connectivity index (χ1) is 10.1. The van der Waals surface area contributed by atoms with Gasteiger partial charge in [-0.15, -0.1) is 0 Å². The number of nitrogens with zero attached hydrogens (tertiary/aromatic N) is 2. The normalized spacial score (nSPS) is 17.6. The van der Waals surface area contributed by atoms with Crippen molar-refractivity contribution in [2.45, 2.75) is 52.4 Å². The van der Waals surface area contributed by atoms with E-state index < -0.39 is 5.41 Å². The molecule has 0 aliphatic heterocycles. The van der Waals surface area contributed by atoms with Crippen LogP contribution in [0.15, 0.2) is 24.3 Å². The average Bonchev–Trinajstić information content (AvgIpc) is 2.74. The maximum Gasteiger partial charge on any atom is 0.247 e. The van der Waals surface area contributed by atoms with Gasteiger partial charge >= 0.3 is 0 Å². The number of hydrogen-bond acceptors (Lipinski definition) is 2. The lowest BCUT2D eigenvalue weighted by Gasteiger charge is -2.31. The minimum absolute atomic E-state index is 0.0139. The van der Waals surface area contributed by atoms with Gasteiger partial charge in [-0.2, -0.15) is 5.26 Å². The summed E-state index contributed by atoms with van der Waals surface area (Å²) in [6, 6.07) is 10.3. The third-order valence-corrected chi connectivity index (χ3v) is 4.46. The molecule has 0 spiro atoms. The summed E-state index contributed by atoms with van der Waals surface area (Å²) in [5.41, 5.74) is 1.21. The first-order valence-corrected chi connectivity index (χ1v) is 7.93. The van der Waals surface area contributed by atoms with E-state index in [2.05, 4.69) is 6.07 Å². The van der Waals surface area contributed by atoms with Crippen LogP contribution in [0.5, 0.6) is 0 Å². The Morgan fingerprint density at radius 3 is 2.48 bits per heavy atom. The minimum atomic E-state index is -0.823. The standard InChI is InChI=1S/C18H24N2O/c1-3-20(16-10-8-9-15(2)13-16)17(21)18(14-19)11-6-4-5-7-12-18/h8-10,13H,3-7,11-12H2,1-2H3. The number of nitriles is 1. The van der Waals surface area contributed by atoms with Crippen LogP contribution in [0.4, 0.5) is 5.69 Å². The van der Waals surface area contributed by atoms with E-state index in [1.807, 2.05) is 38.1 Å². The van der Waals surface area contributed by atoms with E-state index in [1.165, 1.54) is 0 Å². The van der Waals surface area contributed by atoms with E-state index >= 15 is 0 Å². The predicted molar refractivity (Wildman–Crippen MR) is 85.0 cm³/mol. The molecule has 2 rings (SSSR count).